The summed E-state index contributed by atoms with van der Waals surface area (Å²) in [5.41, 5.74) is 1.44. The molecule has 0 amide bonds. The number of hydrogen-bond acceptors (Lipinski definition) is 3. The van der Waals surface area contributed by atoms with E-state index in [1.54, 1.807) is 6.07 Å². The molecule has 1 unspecified atom stereocenters. The van der Waals surface area contributed by atoms with Crippen LogP contribution in [0.2, 0.25) is 0 Å². The van der Waals surface area contributed by atoms with Crippen LogP contribution in [0.1, 0.15) is 18.4 Å². The number of halogens is 1. The smallest absolute Gasteiger partial charge is 0.235 e. The second kappa shape index (κ2) is 5.33. The summed E-state index contributed by atoms with van der Waals surface area (Å²) in [6.45, 7) is 2.15. The van der Waals surface area contributed by atoms with Gasteiger partial charge in [0.15, 0.2) is 0 Å². The Morgan fingerprint density at radius 1 is 1.40 bits per heavy atom. The average molecular weight is 298 g/mol. The van der Waals surface area contributed by atoms with Crippen molar-refractivity contribution < 1.29 is 12.8 Å². The van der Waals surface area contributed by atoms with Gasteiger partial charge in [-0.05, 0) is 56.0 Å². The fraction of sp³-hybridized carbons (Fsp3) is 0.571. The van der Waals surface area contributed by atoms with Gasteiger partial charge in [-0.2, -0.15) is 0 Å². The molecule has 0 radical (unpaired) electrons. The Morgan fingerprint density at radius 2 is 2.25 bits per heavy atom. The summed E-state index contributed by atoms with van der Waals surface area (Å²) in [6, 6.07) is 4.40. The third kappa shape index (κ3) is 2.67. The molecule has 0 spiro atoms. The Balaban J connectivity index is 1.81. The molecule has 3 rings (SSSR count). The van der Waals surface area contributed by atoms with Crippen molar-refractivity contribution in [3.05, 3.63) is 29.6 Å². The maximum Gasteiger partial charge on any atom is 0.235 e. The summed E-state index contributed by atoms with van der Waals surface area (Å²) in [5.74, 6) is -0.0767. The molecular weight excluding hydrogens is 279 g/mol. The summed E-state index contributed by atoms with van der Waals surface area (Å²) in [7, 11) is -3.36. The standard InChI is InChI=1S/C14H19FN2O2S/c15-13-4-3-12-5-7-17(14(12)8-13)20(18,19)10-11-2-1-6-16-9-11/h3-4,8,11,16H,1-2,5-7,9-10H2. The molecule has 1 N–H and O–H groups in total. The number of benzene rings is 1. The van der Waals surface area contributed by atoms with Crippen molar-refractivity contribution in [2.45, 2.75) is 19.3 Å². The van der Waals surface area contributed by atoms with Crippen LogP contribution in [0.4, 0.5) is 10.1 Å². The molecule has 0 saturated carbocycles. The van der Waals surface area contributed by atoms with Crippen LogP contribution in [-0.4, -0.2) is 33.8 Å². The van der Waals surface area contributed by atoms with Crippen LogP contribution in [0.3, 0.4) is 0 Å². The quantitative estimate of drug-likeness (QED) is 0.920. The zero-order valence-electron chi connectivity index (χ0n) is 11.3. The van der Waals surface area contributed by atoms with Gasteiger partial charge in [-0.15, -0.1) is 0 Å². The molecule has 2 aliphatic rings. The highest BCUT2D eigenvalue weighted by Gasteiger charge is 2.32. The first kappa shape index (κ1) is 13.8. The van der Waals surface area contributed by atoms with E-state index < -0.39 is 10.0 Å². The maximum atomic E-state index is 13.4. The molecule has 1 aromatic carbocycles. The Bertz CT molecular complexity index is 597. The fourth-order valence-corrected chi connectivity index (χ4v) is 4.97. The SMILES string of the molecule is O=S(=O)(CC1CCCNC1)N1CCc2ccc(F)cc21. The lowest BCUT2D eigenvalue weighted by Crippen LogP contribution is -2.39. The number of fused-ring (bicyclic) bond motifs is 1. The van der Waals surface area contributed by atoms with Gasteiger partial charge in [-0.3, -0.25) is 4.31 Å². The first-order valence-corrected chi connectivity index (χ1v) is 8.67. The van der Waals surface area contributed by atoms with Crippen molar-refractivity contribution in [3.8, 4) is 0 Å². The van der Waals surface area contributed by atoms with Crippen LogP contribution < -0.4 is 9.62 Å². The van der Waals surface area contributed by atoms with Gasteiger partial charge in [0.1, 0.15) is 5.82 Å². The van der Waals surface area contributed by atoms with Gasteiger partial charge < -0.3 is 5.32 Å². The number of hydrogen-bond donors (Lipinski definition) is 1. The number of anilines is 1. The molecule has 2 heterocycles. The highest BCUT2D eigenvalue weighted by molar-refractivity contribution is 7.92. The summed E-state index contributed by atoms with van der Waals surface area (Å²) in [4.78, 5) is 0. The van der Waals surface area contributed by atoms with Crippen LogP contribution in [0.5, 0.6) is 0 Å². The van der Waals surface area contributed by atoms with E-state index in [1.807, 2.05) is 0 Å². The largest absolute Gasteiger partial charge is 0.316 e. The van der Waals surface area contributed by atoms with E-state index in [0.29, 0.717) is 18.7 Å². The molecule has 2 aliphatic heterocycles. The van der Waals surface area contributed by atoms with Gasteiger partial charge >= 0.3 is 0 Å². The van der Waals surface area contributed by atoms with Gasteiger partial charge in [0.05, 0.1) is 11.4 Å². The Morgan fingerprint density at radius 3 is 3.00 bits per heavy atom. The minimum atomic E-state index is -3.36. The van der Waals surface area contributed by atoms with Crippen molar-refractivity contribution in [3.63, 3.8) is 0 Å². The van der Waals surface area contributed by atoms with Crippen LogP contribution >= 0.6 is 0 Å². The molecule has 1 aromatic rings. The minimum Gasteiger partial charge on any atom is -0.316 e. The van der Waals surface area contributed by atoms with E-state index in [9.17, 15) is 12.8 Å². The van der Waals surface area contributed by atoms with Crippen molar-refractivity contribution in [1.82, 2.24) is 5.32 Å². The lowest BCUT2D eigenvalue weighted by molar-refractivity contribution is 0.403. The Labute approximate surface area is 119 Å². The fourth-order valence-electron chi connectivity index (χ4n) is 3.07. The average Bonchev–Trinajstić information content (AvgIpc) is 2.83. The lowest BCUT2D eigenvalue weighted by Gasteiger charge is -2.26. The second-order valence-electron chi connectivity index (χ2n) is 5.59. The van der Waals surface area contributed by atoms with Gasteiger partial charge in [0, 0.05) is 6.54 Å². The summed E-state index contributed by atoms with van der Waals surface area (Å²) >= 11 is 0. The van der Waals surface area contributed by atoms with E-state index in [-0.39, 0.29) is 17.5 Å². The highest BCUT2D eigenvalue weighted by Crippen LogP contribution is 2.32. The number of piperidine rings is 1. The van der Waals surface area contributed by atoms with Gasteiger partial charge in [-0.1, -0.05) is 6.07 Å². The molecule has 0 aromatic heterocycles. The molecule has 6 heteroatoms. The van der Waals surface area contributed by atoms with E-state index in [4.69, 9.17) is 0 Å². The summed E-state index contributed by atoms with van der Waals surface area (Å²) < 4.78 is 39.8. The van der Waals surface area contributed by atoms with Gasteiger partial charge in [-0.25, -0.2) is 12.8 Å². The zero-order valence-corrected chi connectivity index (χ0v) is 12.1. The van der Waals surface area contributed by atoms with E-state index in [1.165, 1.54) is 16.4 Å². The third-order valence-electron chi connectivity index (χ3n) is 4.08. The topological polar surface area (TPSA) is 49.4 Å². The predicted octanol–water partition coefficient (Wildman–Crippen LogP) is 1.52. The molecule has 0 aliphatic carbocycles. The Kier molecular flexibility index (Phi) is 3.69. The molecule has 1 atom stereocenters. The van der Waals surface area contributed by atoms with Crippen LogP contribution in [0, 0.1) is 11.7 Å². The highest BCUT2D eigenvalue weighted by atomic mass is 32.2. The van der Waals surface area contributed by atoms with Crippen LogP contribution in [0.25, 0.3) is 0 Å². The second-order valence-corrected chi connectivity index (χ2v) is 7.52. The number of nitrogens with zero attached hydrogens (tertiary/aromatic N) is 1. The predicted molar refractivity (Wildman–Crippen MR) is 76.8 cm³/mol. The molecule has 20 heavy (non-hydrogen) atoms. The minimum absolute atomic E-state index is 0.149. The lowest BCUT2D eigenvalue weighted by atomic mass is 10.0. The number of sulfonamides is 1. The van der Waals surface area contributed by atoms with Gasteiger partial charge in [0.2, 0.25) is 10.0 Å². The normalized spacial score (nSPS) is 22.9. The van der Waals surface area contributed by atoms with Crippen molar-refractivity contribution in [2.75, 3.05) is 29.7 Å². The summed E-state index contributed by atoms with van der Waals surface area (Å²) in [6.07, 6.45) is 2.62. The molecule has 0 bridgehead atoms. The number of nitrogens with one attached hydrogen (secondary N) is 1. The zero-order chi connectivity index (χ0) is 14.2. The molecule has 4 nitrogen and oxygen atoms in total. The van der Waals surface area contributed by atoms with Crippen LogP contribution in [-0.2, 0) is 16.4 Å². The summed E-state index contributed by atoms with van der Waals surface area (Å²) in [5, 5.41) is 3.23. The van der Waals surface area contributed by atoms with Crippen LogP contribution in [0.15, 0.2) is 18.2 Å². The monoisotopic (exact) mass is 298 g/mol. The van der Waals surface area contributed by atoms with Crippen molar-refractivity contribution >= 4 is 15.7 Å². The van der Waals surface area contributed by atoms with Gasteiger partial charge in [0.25, 0.3) is 0 Å². The van der Waals surface area contributed by atoms with E-state index in [2.05, 4.69) is 5.32 Å². The Hall–Kier alpha value is -1.14. The first-order valence-electron chi connectivity index (χ1n) is 7.06. The molecule has 1 fully saturated rings. The molecular formula is C14H19FN2O2S. The van der Waals surface area contributed by atoms with Crippen molar-refractivity contribution in [2.24, 2.45) is 5.92 Å². The number of rotatable bonds is 3. The third-order valence-corrected chi connectivity index (χ3v) is 6.02. The van der Waals surface area contributed by atoms with Crippen molar-refractivity contribution in [1.29, 1.82) is 0 Å². The molecule has 110 valence electrons. The maximum absolute atomic E-state index is 13.4. The van der Waals surface area contributed by atoms with E-state index in [0.717, 1.165) is 31.5 Å². The van der Waals surface area contributed by atoms with E-state index >= 15 is 0 Å². The first-order chi connectivity index (χ1) is 9.56. The molecule has 1 saturated heterocycles.